The van der Waals surface area contributed by atoms with Gasteiger partial charge in [0.05, 0.1) is 18.1 Å². The second-order valence-corrected chi connectivity index (χ2v) is 6.21. The van der Waals surface area contributed by atoms with Crippen molar-refractivity contribution in [3.05, 3.63) is 29.8 Å². The van der Waals surface area contributed by atoms with Crippen LogP contribution in [-0.4, -0.2) is 32.3 Å². The lowest BCUT2D eigenvalue weighted by Crippen LogP contribution is -2.49. The van der Waals surface area contributed by atoms with E-state index in [9.17, 15) is 4.79 Å². The minimum atomic E-state index is -0.489. The van der Waals surface area contributed by atoms with E-state index >= 15 is 0 Å². The van der Waals surface area contributed by atoms with Crippen LogP contribution < -0.4 is 15.8 Å². The molecule has 1 unspecified atom stereocenters. The molecule has 1 aromatic carbocycles. The molecule has 0 aliphatic carbocycles. The Balaban J connectivity index is 0.00000288. The van der Waals surface area contributed by atoms with Crippen molar-refractivity contribution in [1.29, 1.82) is 0 Å². The van der Waals surface area contributed by atoms with Crippen molar-refractivity contribution in [1.82, 2.24) is 5.32 Å². The number of nitrogens with one attached hydrogen (secondary N) is 1. The summed E-state index contributed by atoms with van der Waals surface area (Å²) in [5.41, 5.74) is 6.45. The van der Waals surface area contributed by atoms with Gasteiger partial charge in [0.1, 0.15) is 5.75 Å². The Morgan fingerprint density at radius 1 is 1.33 bits per heavy atom. The van der Waals surface area contributed by atoms with Crippen LogP contribution in [0.25, 0.3) is 0 Å². The fourth-order valence-electron chi connectivity index (χ4n) is 2.79. The Bertz CT molecular complexity index is 501. The Hall–Kier alpha value is -1.30. The van der Waals surface area contributed by atoms with Gasteiger partial charge >= 0.3 is 0 Å². The molecule has 136 valence electrons. The Labute approximate surface area is 150 Å². The molecule has 6 heteroatoms. The number of halogens is 1. The largest absolute Gasteiger partial charge is 0.494 e. The van der Waals surface area contributed by atoms with E-state index in [2.05, 4.69) is 12.2 Å². The van der Waals surface area contributed by atoms with Gasteiger partial charge in [0.15, 0.2) is 0 Å². The van der Waals surface area contributed by atoms with Gasteiger partial charge in [-0.05, 0) is 43.9 Å². The van der Waals surface area contributed by atoms with Gasteiger partial charge < -0.3 is 20.5 Å². The highest BCUT2D eigenvalue weighted by atomic mass is 35.5. The molecule has 0 bridgehead atoms. The van der Waals surface area contributed by atoms with Crippen molar-refractivity contribution in [2.45, 2.75) is 39.2 Å². The lowest BCUT2D eigenvalue weighted by atomic mass is 9.79. The van der Waals surface area contributed by atoms with Gasteiger partial charge in [0.25, 0.3) is 0 Å². The Morgan fingerprint density at radius 2 is 1.96 bits per heavy atom. The van der Waals surface area contributed by atoms with Crippen LogP contribution in [0.4, 0.5) is 0 Å². The second kappa shape index (κ2) is 9.87. The number of benzene rings is 1. The van der Waals surface area contributed by atoms with Gasteiger partial charge in [0.2, 0.25) is 5.91 Å². The van der Waals surface area contributed by atoms with Crippen LogP contribution in [0, 0.1) is 5.41 Å². The quantitative estimate of drug-likeness (QED) is 0.787. The van der Waals surface area contributed by atoms with E-state index in [-0.39, 0.29) is 24.4 Å². The molecule has 0 spiro atoms. The minimum Gasteiger partial charge on any atom is -0.494 e. The summed E-state index contributed by atoms with van der Waals surface area (Å²) in [6.07, 6.45) is 2.36. The minimum absolute atomic E-state index is 0. The summed E-state index contributed by atoms with van der Waals surface area (Å²) >= 11 is 0. The topological polar surface area (TPSA) is 73.6 Å². The highest BCUT2D eigenvalue weighted by Crippen LogP contribution is 2.30. The third kappa shape index (κ3) is 5.10. The predicted molar refractivity (Wildman–Crippen MR) is 97.6 cm³/mol. The van der Waals surface area contributed by atoms with Gasteiger partial charge in [-0.1, -0.05) is 19.1 Å². The average Bonchev–Trinajstić information content (AvgIpc) is 2.60. The molecule has 2 rings (SSSR count). The number of hydrogen-bond donors (Lipinski definition) is 2. The molecule has 1 aliphatic heterocycles. The van der Waals surface area contributed by atoms with Crippen LogP contribution in [0.1, 0.15) is 44.7 Å². The molecule has 1 atom stereocenters. The van der Waals surface area contributed by atoms with Crippen LogP contribution in [0.2, 0.25) is 0 Å². The molecule has 1 fully saturated rings. The first-order valence-corrected chi connectivity index (χ1v) is 8.43. The van der Waals surface area contributed by atoms with Gasteiger partial charge in [-0.2, -0.15) is 0 Å². The molecule has 24 heavy (non-hydrogen) atoms. The molecule has 1 aromatic rings. The molecule has 0 saturated carbocycles. The van der Waals surface area contributed by atoms with Crippen molar-refractivity contribution < 1.29 is 14.3 Å². The van der Waals surface area contributed by atoms with Gasteiger partial charge in [-0.3, -0.25) is 4.79 Å². The standard InChI is InChI=1S/C18H28N2O3.ClH/c1-3-10-23-16-6-4-15(5-7-16)14(2)20-17(21)18(13-19)8-11-22-12-9-18;/h4-7,14H,3,8-13,19H2,1-2H3,(H,20,21);1H. The second-order valence-electron chi connectivity index (χ2n) is 6.21. The van der Waals surface area contributed by atoms with Crippen LogP contribution >= 0.6 is 12.4 Å². The number of carbonyl (C=O) groups excluding carboxylic acids is 1. The van der Waals surface area contributed by atoms with Gasteiger partial charge in [0, 0.05) is 19.8 Å². The van der Waals surface area contributed by atoms with Crippen molar-refractivity contribution in [3.8, 4) is 5.75 Å². The third-order valence-corrected chi connectivity index (χ3v) is 4.52. The SMILES string of the molecule is CCCOc1ccc(C(C)NC(=O)C2(CN)CCOCC2)cc1.Cl. The zero-order chi connectivity index (χ0) is 16.7. The Morgan fingerprint density at radius 3 is 2.50 bits per heavy atom. The summed E-state index contributed by atoms with van der Waals surface area (Å²) < 4.78 is 10.9. The summed E-state index contributed by atoms with van der Waals surface area (Å²) in [6.45, 7) is 6.34. The van der Waals surface area contributed by atoms with Gasteiger partial charge in [-0.25, -0.2) is 0 Å². The normalized spacial score (nSPS) is 17.5. The van der Waals surface area contributed by atoms with Crippen LogP contribution in [0.15, 0.2) is 24.3 Å². The first-order valence-electron chi connectivity index (χ1n) is 8.43. The van der Waals surface area contributed by atoms with Gasteiger partial charge in [-0.15, -0.1) is 12.4 Å². The average molecular weight is 357 g/mol. The summed E-state index contributed by atoms with van der Waals surface area (Å²) in [4.78, 5) is 12.7. The summed E-state index contributed by atoms with van der Waals surface area (Å²) in [5, 5.41) is 3.10. The maximum absolute atomic E-state index is 12.7. The number of carbonyl (C=O) groups is 1. The Kier molecular flexibility index (Phi) is 8.53. The lowest BCUT2D eigenvalue weighted by molar-refractivity contribution is -0.136. The maximum atomic E-state index is 12.7. The number of amides is 1. The van der Waals surface area contributed by atoms with Crippen molar-refractivity contribution in [2.24, 2.45) is 11.1 Å². The molecule has 1 heterocycles. The van der Waals surface area contributed by atoms with E-state index in [0.29, 0.717) is 39.2 Å². The number of rotatable bonds is 7. The molecule has 5 nitrogen and oxygen atoms in total. The highest BCUT2D eigenvalue weighted by Gasteiger charge is 2.39. The summed E-state index contributed by atoms with van der Waals surface area (Å²) in [7, 11) is 0. The number of nitrogens with two attached hydrogens (primary N) is 1. The zero-order valence-electron chi connectivity index (χ0n) is 14.5. The van der Waals surface area contributed by atoms with Crippen molar-refractivity contribution in [2.75, 3.05) is 26.4 Å². The summed E-state index contributed by atoms with van der Waals surface area (Å²) in [6, 6.07) is 7.82. The van der Waals surface area contributed by atoms with E-state index in [4.69, 9.17) is 15.2 Å². The van der Waals surface area contributed by atoms with Crippen molar-refractivity contribution >= 4 is 18.3 Å². The monoisotopic (exact) mass is 356 g/mol. The van der Waals surface area contributed by atoms with Crippen LogP contribution in [0.3, 0.4) is 0 Å². The van der Waals surface area contributed by atoms with E-state index < -0.39 is 5.41 Å². The first-order chi connectivity index (χ1) is 11.1. The van der Waals surface area contributed by atoms with E-state index in [0.717, 1.165) is 17.7 Å². The molecular weight excluding hydrogens is 328 g/mol. The fourth-order valence-corrected chi connectivity index (χ4v) is 2.79. The van der Waals surface area contributed by atoms with E-state index in [1.54, 1.807) is 0 Å². The molecule has 3 N–H and O–H groups in total. The highest BCUT2D eigenvalue weighted by molar-refractivity contribution is 5.85. The fraction of sp³-hybridized carbons (Fsp3) is 0.611. The molecule has 1 aliphatic rings. The summed E-state index contributed by atoms with van der Waals surface area (Å²) in [5.74, 6) is 0.888. The van der Waals surface area contributed by atoms with Crippen LogP contribution in [-0.2, 0) is 9.53 Å². The number of hydrogen-bond acceptors (Lipinski definition) is 4. The molecule has 1 saturated heterocycles. The molecule has 1 amide bonds. The lowest BCUT2D eigenvalue weighted by Gasteiger charge is -2.35. The molecule has 0 aromatic heterocycles. The first kappa shape index (κ1) is 20.7. The molecular formula is C18H29ClN2O3. The zero-order valence-corrected chi connectivity index (χ0v) is 15.4. The smallest absolute Gasteiger partial charge is 0.228 e. The van der Waals surface area contributed by atoms with Crippen molar-refractivity contribution in [3.63, 3.8) is 0 Å². The van der Waals surface area contributed by atoms with Crippen LogP contribution in [0.5, 0.6) is 5.75 Å². The maximum Gasteiger partial charge on any atom is 0.228 e. The third-order valence-electron chi connectivity index (χ3n) is 4.52. The number of ether oxygens (including phenoxy) is 2. The molecule has 0 radical (unpaired) electrons. The van der Waals surface area contributed by atoms with E-state index in [1.165, 1.54) is 0 Å². The predicted octanol–water partition coefficient (Wildman–Crippen LogP) is 2.83. The van der Waals surface area contributed by atoms with E-state index in [1.807, 2.05) is 31.2 Å².